The zero-order valence-corrected chi connectivity index (χ0v) is 24.3. The van der Waals surface area contributed by atoms with Crippen molar-refractivity contribution in [1.29, 1.82) is 5.26 Å². The van der Waals surface area contributed by atoms with Crippen LogP contribution in [0.1, 0.15) is 45.2 Å². The van der Waals surface area contributed by atoms with Gasteiger partial charge in [0.2, 0.25) is 5.69 Å². The summed E-state index contributed by atoms with van der Waals surface area (Å²) in [7, 11) is 0. The summed E-state index contributed by atoms with van der Waals surface area (Å²) in [5.74, 6) is -1.01. The lowest BCUT2D eigenvalue weighted by atomic mass is 9.80. The molecule has 222 valence electrons. The molecule has 0 aromatic heterocycles. The summed E-state index contributed by atoms with van der Waals surface area (Å²) in [4.78, 5) is 35.6. The number of β-amino-alcohol motifs (C(OH)–C–C–N with tert-alkyl or cyclic N) is 1. The van der Waals surface area contributed by atoms with Gasteiger partial charge >= 0.3 is 5.97 Å². The molecular formula is C31H32N5O7+. The Balaban J connectivity index is 1.78. The summed E-state index contributed by atoms with van der Waals surface area (Å²) in [6.07, 6.45) is 6.42. The molecule has 2 aliphatic heterocycles. The van der Waals surface area contributed by atoms with E-state index >= 15 is 0 Å². The molecule has 0 atom stereocenters. The van der Waals surface area contributed by atoms with E-state index in [1.165, 1.54) is 18.2 Å². The molecule has 4 rings (SSSR count). The van der Waals surface area contributed by atoms with Gasteiger partial charge in [-0.25, -0.2) is 0 Å². The maximum absolute atomic E-state index is 11.9. The quantitative estimate of drug-likeness (QED) is 0.127. The van der Waals surface area contributed by atoms with Gasteiger partial charge in [0.1, 0.15) is 12.0 Å². The van der Waals surface area contributed by atoms with Gasteiger partial charge in [-0.3, -0.25) is 25.0 Å². The number of nitriles is 1. The zero-order chi connectivity index (χ0) is 31.7. The van der Waals surface area contributed by atoms with Crippen LogP contribution in [0.4, 0.5) is 22.7 Å². The van der Waals surface area contributed by atoms with Crippen LogP contribution in [0.5, 0.6) is 0 Å². The number of aliphatic hydroxyl groups excluding tert-OH is 1. The van der Waals surface area contributed by atoms with Crippen LogP contribution in [0, 0.1) is 31.6 Å². The topological polar surface area (TPSA) is 174 Å². The fourth-order valence-electron chi connectivity index (χ4n) is 5.98. The Kier molecular flexibility index (Phi) is 8.32. The van der Waals surface area contributed by atoms with Crippen molar-refractivity contribution < 1.29 is 29.4 Å². The number of rotatable bonds is 10. The van der Waals surface area contributed by atoms with Gasteiger partial charge in [0, 0.05) is 48.0 Å². The van der Waals surface area contributed by atoms with E-state index in [0.29, 0.717) is 22.6 Å². The Morgan fingerprint density at radius 3 is 2.44 bits per heavy atom. The molecule has 12 nitrogen and oxygen atoms in total. The number of nitro groups is 2. The van der Waals surface area contributed by atoms with Crippen molar-refractivity contribution in [3.8, 4) is 6.07 Å². The molecule has 0 spiro atoms. The lowest BCUT2D eigenvalue weighted by Gasteiger charge is -2.26. The minimum atomic E-state index is -1.01. The first-order valence-electron chi connectivity index (χ1n) is 13.6. The smallest absolute Gasteiger partial charge is 0.309 e. The predicted molar refractivity (Wildman–Crippen MR) is 160 cm³/mol. The molecule has 2 aromatic carbocycles. The Bertz CT molecular complexity index is 1690. The Morgan fingerprint density at radius 2 is 1.84 bits per heavy atom. The maximum atomic E-state index is 11.9. The number of fused-ring (bicyclic) bond motifs is 2. The lowest BCUT2D eigenvalue weighted by molar-refractivity contribution is -0.437. The van der Waals surface area contributed by atoms with Crippen molar-refractivity contribution in [3.05, 3.63) is 103 Å². The number of carbonyl (C=O) groups is 1. The molecule has 0 fully saturated rings. The van der Waals surface area contributed by atoms with Crippen LogP contribution in [-0.2, 0) is 15.6 Å². The van der Waals surface area contributed by atoms with Crippen LogP contribution in [-0.4, -0.2) is 56.0 Å². The van der Waals surface area contributed by atoms with Crippen LogP contribution < -0.4 is 4.90 Å². The zero-order valence-electron chi connectivity index (χ0n) is 24.3. The van der Waals surface area contributed by atoms with Crippen molar-refractivity contribution in [2.45, 2.75) is 44.9 Å². The largest absolute Gasteiger partial charge is 0.481 e. The Morgan fingerprint density at radius 1 is 1.12 bits per heavy atom. The summed E-state index contributed by atoms with van der Waals surface area (Å²) in [6, 6.07) is 11.5. The third-order valence-electron chi connectivity index (χ3n) is 8.00. The number of carboxylic acids is 1. The van der Waals surface area contributed by atoms with Gasteiger partial charge in [0.15, 0.2) is 12.3 Å². The number of allylic oxidation sites excluding steroid dienone is 6. The number of non-ortho nitro benzene ring substituents is 1. The average Bonchev–Trinajstić information content (AvgIpc) is 3.30. The second-order valence-corrected chi connectivity index (χ2v) is 11.3. The number of carboxylic acid groups (broad SMARTS) is 1. The number of aliphatic hydroxyl groups is 1. The SMILES string of the molecule is CC1(C)C(/C=C/C(C#N)=C/C=C2/N(CCO)c3cc([N+](=O)[O-])ccc3C2(C)C)=[N+](CCC(=O)O)c2cccc([N+](=O)[O-])c21. The van der Waals surface area contributed by atoms with Crippen LogP contribution in [0.15, 0.2) is 72.0 Å². The van der Waals surface area contributed by atoms with Crippen molar-refractivity contribution in [3.63, 3.8) is 0 Å². The van der Waals surface area contributed by atoms with Crippen LogP contribution in [0.2, 0.25) is 0 Å². The Labute approximate surface area is 248 Å². The normalized spacial score (nSPS) is 17.7. The van der Waals surface area contributed by atoms with E-state index < -0.39 is 26.6 Å². The first-order valence-corrected chi connectivity index (χ1v) is 13.6. The fourth-order valence-corrected chi connectivity index (χ4v) is 5.98. The number of hydrogen-bond acceptors (Lipinski definition) is 8. The number of anilines is 1. The van der Waals surface area contributed by atoms with Gasteiger partial charge < -0.3 is 15.1 Å². The molecule has 2 heterocycles. The average molecular weight is 587 g/mol. The molecule has 2 aromatic rings. The fraction of sp³-hybridized carbons (Fsp3) is 0.323. The van der Waals surface area contributed by atoms with Gasteiger partial charge in [-0.05, 0) is 49.8 Å². The van der Waals surface area contributed by atoms with E-state index in [2.05, 4.69) is 6.07 Å². The van der Waals surface area contributed by atoms with E-state index in [1.54, 1.807) is 52.0 Å². The molecule has 43 heavy (non-hydrogen) atoms. The van der Waals surface area contributed by atoms with Gasteiger partial charge in [-0.2, -0.15) is 9.84 Å². The summed E-state index contributed by atoms with van der Waals surface area (Å²) < 4.78 is 1.74. The van der Waals surface area contributed by atoms with Crippen molar-refractivity contribution >= 4 is 34.4 Å². The van der Waals surface area contributed by atoms with Gasteiger partial charge in [0.25, 0.3) is 11.4 Å². The number of aliphatic carboxylic acids is 1. The number of benzene rings is 2. The molecule has 0 saturated heterocycles. The van der Waals surface area contributed by atoms with Crippen molar-refractivity contribution in [2.75, 3.05) is 24.6 Å². The number of hydrogen-bond donors (Lipinski definition) is 2. The molecule has 2 aliphatic rings. The van der Waals surface area contributed by atoms with Gasteiger partial charge in [-0.1, -0.05) is 13.8 Å². The second kappa shape index (κ2) is 11.6. The van der Waals surface area contributed by atoms with E-state index in [0.717, 1.165) is 11.3 Å². The van der Waals surface area contributed by atoms with E-state index in [1.807, 2.05) is 27.7 Å². The predicted octanol–water partition coefficient (Wildman–Crippen LogP) is 5.03. The standard InChI is InChI=1S/C31H31N5O7/c1-30(2)22-11-10-21(35(40)41)18-25(22)34(16-17-37)26(30)12-8-20(19-32)9-13-27-31(3,4)29-23(33(27)15-14-28(38)39)6-5-7-24(29)36(42)43/h5-13,18,37H,14-17H2,1-4H3/p+1. The highest BCUT2D eigenvalue weighted by molar-refractivity contribution is 6.04. The first kappa shape index (κ1) is 30.8. The highest BCUT2D eigenvalue weighted by atomic mass is 16.6. The molecule has 12 heteroatoms. The third kappa shape index (κ3) is 5.54. The summed E-state index contributed by atoms with van der Waals surface area (Å²) >= 11 is 0. The molecule has 2 N–H and O–H groups in total. The number of nitro benzene ring substituents is 2. The maximum Gasteiger partial charge on any atom is 0.309 e. The van der Waals surface area contributed by atoms with Crippen LogP contribution >= 0.6 is 0 Å². The van der Waals surface area contributed by atoms with Gasteiger partial charge in [-0.15, -0.1) is 0 Å². The molecule has 0 amide bonds. The summed E-state index contributed by atoms with van der Waals surface area (Å²) in [6.45, 7) is 7.63. The molecule has 0 radical (unpaired) electrons. The van der Waals surface area contributed by atoms with Crippen LogP contribution in [0.3, 0.4) is 0 Å². The molecular weight excluding hydrogens is 554 g/mol. The lowest BCUT2D eigenvalue weighted by Crippen LogP contribution is -2.29. The minimum absolute atomic E-state index is 0.0696. The van der Waals surface area contributed by atoms with Crippen molar-refractivity contribution in [2.24, 2.45) is 0 Å². The van der Waals surface area contributed by atoms with E-state index in [-0.39, 0.29) is 43.1 Å². The van der Waals surface area contributed by atoms with Crippen molar-refractivity contribution in [1.82, 2.24) is 0 Å². The monoisotopic (exact) mass is 586 g/mol. The minimum Gasteiger partial charge on any atom is -0.481 e. The summed E-state index contributed by atoms with van der Waals surface area (Å²) in [5.41, 5.74) is 2.47. The molecule has 0 saturated carbocycles. The highest BCUT2D eigenvalue weighted by Crippen LogP contribution is 2.49. The van der Waals surface area contributed by atoms with Gasteiger partial charge in [0.05, 0.1) is 39.2 Å². The Hall–Kier alpha value is -5.15. The van der Waals surface area contributed by atoms with E-state index in [4.69, 9.17) is 0 Å². The third-order valence-corrected chi connectivity index (χ3v) is 8.00. The summed E-state index contributed by atoms with van der Waals surface area (Å²) in [5, 5.41) is 52.4. The van der Waals surface area contributed by atoms with Crippen LogP contribution in [0.25, 0.3) is 0 Å². The highest BCUT2D eigenvalue weighted by Gasteiger charge is 2.49. The molecule has 0 unspecified atom stereocenters. The van der Waals surface area contributed by atoms with E-state index in [9.17, 15) is 40.5 Å². The second-order valence-electron chi connectivity index (χ2n) is 11.3. The molecule has 0 aliphatic carbocycles. The first-order chi connectivity index (χ1) is 20.2. The number of nitrogens with zero attached hydrogens (tertiary/aromatic N) is 5. The molecule has 0 bridgehead atoms.